The minimum absolute atomic E-state index is 0.0459. The Balaban J connectivity index is 1.94. The number of carboxylic acids is 1. The molecule has 9 heteroatoms. The van der Waals surface area contributed by atoms with Crippen molar-refractivity contribution in [3.05, 3.63) is 58.1 Å². The van der Waals surface area contributed by atoms with Crippen molar-refractivity contribution in [2.75, 3.05) is 12.1 Å². The number of ether oxygens (including phenoxy) is 2. The molecule has 1 fully saturated rings. The van der Waals surface area contributed by atoms with E-state index in [9.17, 15) is 14.4 Å². The summed E-state index contributed by atoms with van der Waals surface area (Å²) < 4.78 is 11.1. The van der Waals surface area contributed by atoms with E-state index in [1.807, 2.05) is 0 Å². The van der Waals surface area contributed by atoms with Gasteiger partial charge in [0.15, 0.2) is 17.6 Å². The molecule has 0 saturated carbocycles. The maximum absolute atomic E-state index is 12.7. The van der Waals surface area contributed by atoms with Crippen molar-refractivity contribution >= 4 is 45.5 Å². The zero-order chi connectivity index (χ0) is 21.1. The molecule has 2 aromatic rings. The van der Waals surface area contributed by atoms with Gasteiger partial charge in [-0.1, -0.05) is 18.2 Å². The number of carbonyl (C=O) groups is 3. The summed E-state index contributed by atoms with van der Waals surface area (Å²) in [6, 6.07) is 11.9. The molecule has 150 valence electrons. The Morgan fingerprint density at radius 3 is 2.55 bits per heavy atom. The third-order valence-electron chi connectivity index (χ3n) is 4.11. The first-order chi connectivity index (χ1) is 13.8. The van der Waals surface area contributed by atoms with Crippen LogP contribution in [0, 0.1) is 0 Å². The lowest BCUT2D eigenvalue weighted by atomic mass is 10.1. The van der Waals surface area contributed by atoms with Gasteiger partial charge in [-0.15, -0.1) is 0 Å². The first kappa shape index (κ1) is 20.4. The molecule has 0 aliphatic carbocycles. The van der Waals surface area contributed by atoms with E-state index < -0.39 is 23.9 Å². The van der Waals surface area contributed by atoms with Crippen LogP contribution < -0.4 is 19.9 Å². The summed E-state index contributed by atoms with van der Waals surface area (Å²) in [6.45, 7) is 1.39. The molecule has 1 unspecified atom stereocenters. The summed E-state index contributed by atoms with van der Waals surface area (Å²) in [4.78, 5) is 36.1. The van der Waals surface area contributed by atoms with Crippen LogP contribution in [0.25, 0.3) is 6.08 Å². The topological polar surface area (TPSA) is 105 Å². The van der Waals surface area contributed by atoms with Crippen molar-refractivity contribution in [1.82, 2.24) is 5.43 Å². The summed E-state index contributed by atoms with van der Waals surface area (Å²) >= 11 is 3.32. The van der Waals surface area contributed by atoms with Gasteiger partial charge in [0.25, 0.3) is 11.8 Å². The molecule has 2 amide bonds. The smallest absolute Gasteiger partial charge is 0.344 e. The number of aliphatic carboxylic acids is 1. The number of hydrazine groups is 1. The predicted octanol–water partition coefficient (Wildman–Crippen LogP) is 2.77. The van der Waals surface area contributed by atoms with Gasteiger partial charge in [-0.2, -0.15) is 0 Å². The molecule has 8 nitrogen and oxygen atoms in total. The number of halogens is 1. The molecule has 1 heterocycles. The fourth-order valence-electron chi connectivity index (χ4n) is 2.65. The average Bonchev–Trinajstić information content (AvgIpc) is 2.98. The Morgan fingerprint density at radius 1 is 1.24 bits per heavy atom. The van der Waals surface area contributed by atoms with Gasteiger partial charge in [0.2, 0.25) is 0 Å². The van der Waals surface area contributed by atoms with Gasteiger partial charge >= 0.3 is 5.97 Å². The third kappa shape index (κ3) is 4.24. The first-order valence-electron chi connectivity index (χ1n) is 8.51. The van der Waals surface area contributed by atoms with Crippen molar-refractivity contribution in [2.24, 2.45) is 0 Å². The monoisotopic (exact) mass is 460 g/mol. The Hall–Kier alpha value is -3.33. The number of carbonyl (C=O) groups excluding carboxylic acids is 2. The van der Waals surface area contributed by atoms with E-state index in [1.54, 1.807) is 42.5 Å². The largest absolute Gasteiger partial charge is 0.493 e. The molecule has 0 spiro atoms. The fourth-order valence-corrected chi connectivity index (χ4v) is 3.20. The lowest BCUT2D eigenvalue weighted by Crippen LogP contribution is -2.35. The van der Waals surface area contributed by atoms with Crippen LogP contribution in [0.2, 0.25) is 0 Å². The maximum atomic E-state index is 12.7. The first-order valence-corrected chi connectivity index (χ1v) is 9.30. The molecule has 1 aliphatic heterocycles. The van der Waals surface area contributed by atoms with Crippen molar-refractivity contribution in [1.29, 1.82) is 0 Å². The standard InChI is InChI=1S/C20H17BrN2O6/c1-11(20(26)27)29-17-15(21)9-12(10-16(17)28-2)8-14-18(24)22-23(19(14)25)13-6-4-3-5-7-13/h3-11H,1-2H3,(H,22,24)(H,26,27). The molecule has 1 aliphatic rings. The lowest BCUT2D eigenvalue weighted by Gasteiger charge is -2.16. The Kier molecular flexibility index (Phi) is 5.88. The zero-order valence-corrected chi connectivity index (χ0v) is 17.1. The van der Waals surface area contributed by atoms with Crippen LogP contribution in [-0.4, -0.2) is 36.1 Å². The lowest BCUT2D eigenvalue weighted by molar-refractivity contribution is -0.144. The summed E-state index contributed by atoms with van der Waals surface area (Å²) in [5.74, 6) is -1.69. The highest BCUT2D eigenvalue weighted by Crippen LogP contribution is 2.38. The molecule has 2 aromatic carbocycles. The van der Waals surface area contributed by atoms with Crippen molar-refractivity contribution < 1.29 is 29.0 Å². The van der Waals surface area contributed by atoms with E-state index in [-0.39, 0.29) is 17.1 Å². The normalized spacial score (nSPS) is 16.0. The molecular formula is C20H17BrN2O6. The van der Waals surface area contributed by atoms with Crippen LogP contribution in [0.4, 0.5) is 5.69 Å². The van der Waals surface area contributed by atoms with Gasteiger partial charge in [-0.25, -0.2) is 9.80 Å². The van der Waals surface area contributed by atoms with Crippen molar-refractivity contribution in [3.8, 4) is 11.5 Å². The number of carboxylic acid groups (broad SMARTS) is 1. The van der Waals surface area contributed by atoms with E-state index >= 15 is 0 Å². The van der Waals surface area contributed by atoms with E-state index in [0.717, 1.165) is 0 Å². The number of anilines is 1. The minimum Gasteiger partial charge on any atom is -0.493 e. The predicted molar refractivity (Wildman–Crippen MR) is 108 cm³/mol. The van der Waals surface area contributed by atoms with Crippen LogP contribution in [-0.2, 0) is 14.4 Å². The Bertz CT molecular complexity index is 1010. The van der Waals surface area contributed by atoms with Gasteiger partial charge < -0.3 is 14.6 Å². The summed E-state index contributed by atoms with van der Waals surface area (Å²) in [5.41, 5.74) is 3.52. The molecule has 0 bridgehead atoms. The number of benzene rings is 2. The van der Waals surface area contributed by atoms with Crippen LogP contribution >= 0.6 is 15.9 Å². The highest BCUT2D eigenvalue weighted by molar-refractivity contribution is 9.10. The summed E-state index contributed by atoms with van der Waals surface area (Å²) in [6.07, 6.45) is 0.337. The van der Waals surface area contributed by atoms with Gasteiger partial charge in [0.1, 0.15) is 5.57 Å². The van der Waals surface area contributed by atoms with Crippen LogP contribution in [0.5, 0.6) is 11.5 Å². The average molecular weight is 461 g/mol. The van der Waals surface area contributed by atoms with E-state index in [2.05, 4.69) is 21.4 Å². The number of rotatable bonds is 6. The Labute approximate surface area is 174 Å². The van der Waals surface area contributed by atoms with Gasteiger partial charge in [0.05, 0.1) is 17.3 Å². The number of nitrogens with zero attached hydrogens (tertiary/aromatic N) is 1. The minimum atomic E-state index is -1.13. The van der Waals surface area contributed by atoms with Crippen molar-refractivity contribution in [3.63, 3.8) is 0 Å². The molecule has 1 saturated heterocycles. The van der Waals surface area contributed by atoms with Crippen LogP contribution in [0.3, 0.4) is 0 Å². The van der Waals surface area contributed by atoms with E-state index in [0.29, 0.717) is 15.7 Å². The van der Waals surface area contributed by atoms with Crippen LogP contribution in [0.1, 0.15) is 12.5 Å². The molecular weight excluding hydrogens is 444 g/mol. The van der Waals surface area contributed by atoms with Gasteiger partial charge in [0, 0.05) is 0 Å². The van der Waals surface area contributed by atoms with Gasteiger partial charge in [-0.05, 0) is 58.8 Å². The SMILES string of the molecule is COc1cc(C=C2C(=O)NN(c3ccccc3)C2=O)cc(Br)c1OC(C)C(=O)O. The second-order valence-corrected chi connectivity index (χ2v) is 6.96. The summed E-state index contributed by atoms with van der Waals surface area (Å²) in [5, 5.41) is 10.2. The Morgan fingerprint density at radius 2 is 1.93 bits per heavy atom. The van der Waals surface area contributed by atoms with E-state index in [1.165, 1.54) is 25.1 Å². The number of hydrogen-bond donors (Lipinski definition) is 2. The number of hydrogen-bond acceptors (Lipinski definition) is 5. The zero-order valence-electron chi connectivity index (χ0n) is 15.5. The second-order valence-electron chi connectivity index (χ2n) is 6.11. The quantitative estimate of drug-likeness (QED) is 0.507. The highest BCUT2D eigenvalue weighted by Gasteiger charge is 2.34. The molecule has 0 radical (unpaired) electrons. The fraction of sp³-hybridized carbons (Fsp3) is 0.150. The summed E-state index contributed by atoms with van der Waals surface area (Å²) in [7, 11) is 1.40. The number of amides is 2. The number of para-hydroxylation sites is 1. The third-order valence-corrected chi connectivity index (χ3v) is 4.70. The van der Waals surface area contributed by atoms with E-state index in [4.69, 9.17) is 14.6 Å². The second kappa shape index (κ2) is 8.36. The van der Waals surface area contributed by atoms with Crippen molar-refractivity contribution in [2.45, 2.75) is 13.0 Å². The maximum Gasteiger partial charge on any atom is 0.344 e. The van der Waals surface area contributed by atoms with Crippen LogP contribution in [0.15, 0.2) is 52.5 Å². The number of methoxy groups -OCH3 is 1. The molecule has 2 N–H and O–H groups in total. The molecule has 3 rings (SSSR count). The van der Waals surface area contributed by atoms with Gasteiger partial charge in [-0.3, -0.25) is 15.0 Å². The molecule has 1 atom stereocenters. The molecule has 29 heavy (non-hydrogen) atoms. The highest BCUT2D eigenvalue weighted by atomic mass is 79.9. The number of nitrogens with one attached hydrogen (secondary N) is 1. The molecule has 0 aromatic heterocycles.